The summed E-state index contributed by atoms with van der Waals surface area (Å²) in [6, 6.07) is 0. The highest BCUT2D eigenvalue weighted by atomic mass is 32.2. The molecule has 0 radical (unpaired) electrons. The van der Waals surface area contributed by atoms with E-state index in [2.05, 4.69) is 0 Å². The molecule has 7 heavy (non-hydrogen) atoms. The van der Waals surface area contributed by atoms with Crippen molar-refractivity contribution in [3.8, 4) is 0 Å². The van der Waals surface area contributed by atoms with Crippen LogP contribution in [0, 0.1) is 0 Å². The van der Waals surface area contributed by atoms with Crippen molar-refractivity contribution in [1.82, 2.24) is 0 Å². The maximum Gasteiger partial charge on any atom is 0.304 e. The quantitative estimate of drug-likeness (QED) is 0.518. The lowest BCUT2D eigenvalue weighted by atomic mass is 10.5. The van der Waals surface area contributed by atoms with E-state index in [1.54, 1.807) is 0 Å². The second kappa shape index (κ2) is 3.95. The van der Waals surface area contributed by atoms with Gasteiger partial charge in [-0.1, -0.05) is 11.9 Å². The molecule has 0 unspecified atom stereocenters. The molecule has 0 fully saturated rings. The highest BCUT2D eigenvalue weighted by molar-refractivity contribution is 7.97. The van der Waals surface area contributed by atoms with Crippen LogP contribution in [0.1, 0.15) is 6.42 Å². The Morgan fingerprint density at radius 3 is 2.57 bits per heavy atom. The molecule has 0 amide bonds. The summed E-state index contributed by atoms with van der Waals surface area (Å²) in [5.74, 6) is -0.298. The minimum atomic E-state index is -0.794. The molecule has 0 aliphatic rings. The van der Waals surface area contributed by atoms with E-state index in [-0.39, 0.29) is 6.42 Å². The molecule has 0 aromatic rings. The normalized spacial score (nSPS) is 8.71. The minimum absolute atomic E-state index is 0.154. The summed E-state index contributed by atoms with van der Waals surface area (Å²) in [6.07, 6.45) is 0.154. The van der Waals surface area contributed by atoms with Gasteiger partial charge in [0.15, 0.2) is 0 Å². The zero-order chi connectivity index (χ0) is 5.70. The van der Waals surface area contributed by atoms with Crippen molar-refractivity contribution in [1.29, 1.82) is 0 Å². The van der Waals surface area contributed by atoms with Crippen molar-refractivity contribution in [2.24, 2.45) is 5.14 Å². The zero-order valence-electron chi connectivity index (χ0n) is 3.76. The van der Waals surface area contributed by atoms with Crippen molar-refractivity contribution in [2.45, 2.75) is 6.42 Å². The van der Waals surface area contributed by atoms with E-state index in [0.717, 1.165) is 11.9 Å². The van der Waals surface area contributed by atoms with E-state index in [0.29, 0.717) is 5.75 Å². The molecule has 42 valence electrons. The van der Waals surface area contributed by atoms with Gasteiger partial charge in [0.05, 0.1) is 6.42 Å². The first kappa shape index (κ1) is 6.78. The predicted octanol–water partition coefficient (Wildman–Crippen LogP) is 0.0680. The van der Waals surface area contributed by atoms with Crippen LogP contribution in [-0.2, 0) is 4.79 Å². The molecule has 3 nitrogen and oxygen atoms in total. The molecule has 0 aromatic carbocycles. The number of nitrogens with two attached hydrogens (primary N) is 1. The Balaban J connectivity index is 2.82. The van der Waals surface area contributed by atoms with Gasteiger partial charge in [-0.2, -0.15) is 0 Å². The van der Waals surface area contributed by atoms with E-state index in [4.69, 9.17) is 10.2 Å². The molecule has 0 heterocycles. The van der Waals surface area contributed by atoms with Crippen LogP contribution < -0.4 is 5.14 Å². The summed E-state index contributed by atoms with van der Waals surface area (Å²) in [7, 11) is 0. The van der Waals surface area contributed by atoms with Crippen LogP contribution in [0.5, 0.6) is 0 Å². The molecule has 0 aliphatic heterocycles. The smallest absolute Gasteiger partial charge is 0.304 e. The van der Waals surface area contributed by atoms with Crippen molar-refractivity contribution >= 4 is 17.9 Å². The van der Waals surface area contributed by atoms with Gasteiger partial charge in [0.25, 0.3) is 0 Å². The summed E-state index contributed by atoms with van der Waals surface area (Å²) >= 11 is 1.05. The summed E-state index contributed by atoms with van der Waals surface area (Å²) in [5, 5.41) is 12.9. The lowest BCUT2D eigenvalue weighted by Gasteiger charge is -1.85. The molecular weight excluding hydrogens is 114 g/mol. The first-order chi connectivity index (χ1) is 3.27. The Bertz CT molecular complexity index is 66.0. The van der Waals surface area contributed by atoms with E-state index in [1.807, 2.05) is 0 Å². The highest BCUT2D eigenvalue weighted by Crippen LogP contribution is 1.88. The van der Waals surface area contributed by atoms with Crippen LogP contribution >= 0.6 is 11.9 Å². The van der Waals surface area contributed by atoms with Crippen LogP contribution in [0.15, 0.2) is 0 Å². The molecule has 0 saturated carbocycles. The third-order valence-electron chi connectivity index (χ3n) is 0.434. The predicted molar refractivity (Wildman–Crippen MR) is 28.9 cm³/mol. The summed E-state index contributed by atoms with van der Waals surface area (Å²) in [4.78, 5) is 9.69. The van der Waals surface area contributed by atoms with Crippen LogP contribution in [-0.4, -0.2) is 16.8 Å². The summed E-state index contributed by atoms with van der Waals surface area (Å²) < 4.78 is 0. The van der Waals surface area contributed by atoms with Gasteiger partial charge in [0.2, 0.25) is 0 Å². The maximum absolute atomic E-state index is 9.69. The number of aliphatic carboxylic acids is 1. The van der Waals surface area contributed by atoms with Gasteiger partial charge in [0.1, 0.15) is 0 Å². The first-order valence-corrected chi connectivity index (χ1v) is 2.85. The second-order valence-electron chi connectivity index (χ2n) is 1.01. The Hall–Kier alpha value is -0.220. The fourth-order valence-corrected chi connectivity index (χ4v) is 0.439. The minimum Gasteiger partial charge on any atom is -0.481 e. The first-order valence-electron chi connectivity index (χ1n) is 1.81. The monoisotopic (exact) mass is 121 g/mol. The number of hydrogen-bond acceptors (Lipinski definition) is 3. The van der Waals surface area contributed by atoms with Crippen LogP contribution in [0.3, 0.4) is 0 Å². The number of carbonyl (C=O) groups is 1. The van der Waals surface area contributed by atoms with Crippen LogP contribution in [0.2, 0.25) is 0 Å². The van der Waals surface area contributed by atoms with Crippen LogP contribution in [0.4, 0.5) is 0 Å². The molecule has 4 heteroatoms. The number of carboxylic acids is 1. The lowest BCUT2D eigenvalue weighted by molar-refractivity contribution is -0.136. The Labute approximate surface area is 46.0 Å². The lowest BCUT2D eigenvalue weighted by Crippen LogP contribution is -1.97. The molecule has 0 spiro atoms. The van der Waals surface area contributed by atoms with E-state index >= 15 is 0 Å². The Morgan fingerprint density at radius 2 is 2.43 bits per heavy atom. The molecule has 0 aromatic heterocycles. The van der Waals surface area contributed by atoms with Crippen molar-refractivity contribution in [3.05, 3.63) is 0 Å². The van der Waals surface area contributed by atoms with Crippen molar-refractivity contribution in [2.75, 3.05) is 5.75 Å². The average molecular weight is 121 g/mol. The second-order valence-corrected chi connectivity index (χ2v) is 1.76. The standard InChI is InChI=1S/C3H7NO2S/c4-7-2-1-3(5)6/h1-2,4H2,(H,5,6). The maximum atomic E-state index is 9.69. The van der Waals surface area contributed by atoms with Gasteiger partial charge >= 0.3 is 5.97 Å². The fraction of sp³-hybridized carbons (Fsp3) is 0.667. The van der Waals surface area contributed by atoms with Gasteiger partial charge in [0, 0.05) is 5.75 Å². The summed E-state index contributed by atoms with van der Waals surface area (Å²) in [5.41, 5.74) is 0. The Morgan fingerprint density at radius 1 is 1.86 bits per heavy atom. The third-order valence-corrected chi connectivity index (χ3v) is 0.874. The molecular formula is C3H7NO2S. The fourth-order valence-electron chi connectivity index (χ4n) is 0.146. The number of carboxylic acid groups (broad SMARTS) is 1. The molecule has 0 saturated heterocycles. The van der Waals surface area contributed by atoms with Gasteiger partial charge in [-0.25, -0.2) is 0 Å². The SMILES string of the molecule is NSCCC(=O)O. The van der Waals surface area contributed by atoms with Gasteiger partial charge in [-0.15, -0.1) is 0 Å². The van der Waals surface area contributed by atoms with E-state index in [1.165, 1.54) is 0 Å². The van der Waals surface area contributed by atoms with Gasteiger partial charge in [-0.05, 0) is 0 Å². The van der Waals surface area contributed by atoms with E-state index in [9.17, 15) is 4.79 Å². The zero-order valence-corrected chi connectivity index (χ0v) is 4.57. The topological polar surface area (TPSA) is 63.3 Å². The van der Waals surface area contributed by atoms with Crippen molar-refractivity contribution < 1.29 is 9.90 Å². The van der Waals surface area contributed by atoms with Crippen LogP contribution in [0.25, 0.3) is 0 Å². The average Bonchev–Trinajstić information content (AvgIpc) is 1.61. The van der Waals surface area contributed by atoms with E-state index < -0.39 is 5.97 Å². The van der Waals surface area contributed by atoms with Crippen molar-refractivity contribution in [3.63, 3.8) is 0 Å². The third kappa shape index (κ3) is 5.78. The molecule has 3 N–H and O–H groups in total. The Kier molecular flexibility index (Phi) is 3.83. The molecule has 0 aliphatic carbocycles. The molecule has 0 atom stereocenters. The summed E-state index contributed by atoms with van der Waals surface area (Å²) in [6.45, 7) is 0. The number of hydrogen-bond donors (Lipinski definition) is 2. The largest absolute Gasteiger partial charge is 0.481 e. The van der Waals surface area contributed by atoms with Gasteiger partial charge in [-0.3, -0.25) is 9.93 Å². The van der Waals surface area contributed by atoms with Gasteiger partial charge < -0.3 is 5.11 Å². The number of rotatable bonds is 3. The highest BCUT2D eigenvalue weighted by Gasteiger charge is 1.91. The molecule has 0 rings (SSSR count). The molecule has 0 bridgehead atoms.